The van der Waals surface area contributed by atoms with Gasteiger partial charge in [-0.05, 0) is 28.1 Å². The van der Waals surface area contributed by atoms with Gasteiger partial charge in [-0.3, -0.25) is 4.79 Å². The van der Waals surface area contributed by atoms with Crippen LogP contribution in [0.15, 0.2) is 16.6 Å². The van der Waals surface area contributed by atoms with E-state index in [1.54, 1.807) is 0 Å². The van der Waals surface area contributed by atoms with E-state index in [4.69, 9.17) is 15.6 Å². The maximum Gasteiger partial charge on any atom is 0.325 e. The summed E-state index contributed by atoms with van der Waals surface area (Å²) in [6, 6.07) is 0.988. The summed E-state index contributed by atoms with van der Waals surface area (Å²) in [4.78, 5) is 10.6. The molecule has 6 heteroatoms. The molecule has 0 bridgehead atoms. The lowest BCUT2D eigenvalue weighted by Gasteiger charge is -2.11. The zero-order chi connectivity index (χ0) is 11.6. The molecule has 0 spiro atoms. The van der Waals surface area contributed by atoms with Gasteiger partial charge in [0.25, 0.3) is 0 Å². The second-order valence-electron chi connectivity index (χ2n) is 2.82. The van der Waals surface area contributed by atoms with Crippen molar-refractivity contribution in [3.63, 3.8) is 0 Å². The third-order valence-electron chi connectivity index (χ3n) is 1.87. The summed E-state index contributed by atoms with van der Waals surface area (Å²) in [6.45, 7) is 0. The monoisotopic (exact) mass is 277 g/mol. The molecule has 1 aromatic carbocycles. The number of carbonyl (C=O) groups is 1. The first-order valence-corrected chi connectivity index (χ1v) is 4.78. The molecule has 82 valence electrons. The van der Waals surface area contributed by atoms with E-state index < -0.39 is 17.8 Å². The van der Waals surface area contributed by atoms with Gasteiger partial charge < -0.3 is 15.6 Å². The SMILES string of the molecule is COc1cc(C(N)C(=O)O)c(F)cc1Br. The van der Waals surface area contributed by atoms with Gasteiger partial charge >= 0.3 is 5.97 Å². The highest BCUT2D eigenvalue weighted by Crippen LogP contribution is 2.30. The van der Waals surface area contributed by atoms with Crippen LogP contribution in [-0.4, -0.2) is 18.2 Å². The normalized spacial score (nSPS) is 12.3. The topological polar surface area (TPSA) is 72.5 Å². The molecule has 0 amide bonds. The molecular weight excluding hydrogens is 269 g/mol. The molecule has 4 nitrogen and oxygen atoms in total. The smallest absolute Gasteiger partial charge is 0.325 e. The molecular formula is C9H9BrFNO3. The van der Waals surface area contributed by atoms with Crippen molar-refractivity contribution in [2.24, 2.45) is 5.73 Å². The van der Waals surface area contributed by atoms with Gasteiger partial charge in [-0.15, -0.1) is 0 Å². The van der Waals surface area contributed by atoms with Gasteiger partial charge in [0.1, 0.15) is 17.6 Å². The Kier molecular flexibility index (Phi) is 3.65. The number of ether oxygens (including phenoxy) is 1. The number of carboxylic acid groups (broad SMARTS) is 1. The van der Waals surface area contributed by atoms with Gasteiger partial charge in [0.15, 0.2) is 0 Å². The Morgan fingerprint density at radius 1 is 1.67 bits per heavy atom. The maximum absolute atomic E-state index is 13.3. The first-order chi connectivity index (χ1) is 6.97. The number of methoxy groups -OCH3 is 1. The number of carboxylic acids is 1. The molecule has 0 heterocycles. The van der Waals surface area contributed by atoms with E-state index in [2.05, 4.69) is 15.9 Å². The second-order valence-corrected chi connectivity index (χ2v) is 3.68. The first kappa shape index (κ1) is 11.9. The van der Waals surface area contributed by atoms with Gasteiger partial charge in [-0.25, -0.2) is 4.39 Å². The van der Waals surface area contributed by atoms with E-state index in [1.807, 2.05) is 0 Å². The average molecular weight is 278 g/mol. The molecule has 0 aliphatic heterocycles. The number of hydrogen-bond donors (Lipinski definition) is 2. The van der Waals surface area contributed by atoms with Gasteiger partial charge in [0.05, 0.1) is 11.6 Å². The zero-order valence-electron chi connectivity index (χ0n) is 7.83. The molecule has 1 unspecified atom stereocenters. The Morgan fingerprint density at radius 2 is 2.27 bits per heavy atom. The lowest BCUT2D eigenvalue weighted by atomic mass is 10.1. The predicted octanol–water partition coefficient (Wildman–Crippen LogP) is 1.68. The van der Waals surface area contributed by atoms with E-state index >= 15 is 0 Å². The summed E-state index contributed by atoms with van der Waals surface area (Å²) < 4.78 is 18.7. The van der Waals surface area contributed by atoms with Crippen LogP contribution in [0.5, 0.6) is 5.75 Å². The Bertz CT molecular complexity index is 397. The lowest BCUT2D eigenvalue weighted by Crippen LogP contribution is -2.21. The summed E-state index contributed by atoms with van der Waals surface area (Å²) in [5.41, 5.74) is 5.19. The Balaban J connectivity index is 3.24. The zero-order valence-corrected chi connectivity index (χ0v) is 9.42. The van der Waals surface area contributed by atoms with Crippen molar-refractivity contribution in [2.75, 3.05) is 7.11 Å². The second kappa shape index (κ2) is 4.59. The highest BCUT2D eigenvalue weighted by molar-refractivity contribution is 9.10. The fourth-order valence-corrected chi connectivity index (χ4v) is 1.55. The number of hydrogen-bond acceptors (Lipinski definition) is 3. The largest absolute Gasteiger partial charge is 0.496 e. The molecule has 0 radical (unpaired) electrons. The van der Waals surface area contributed by atoms with Crippen molar-refractivity contribution in [3.05, 3.63) is 28.0 Å². The van der Waals surface area contributed by atoms with Crippen LogP contribution in [0.4, 0.5) is 4.39 Å². The summed E-state index contributed by atoms with van der Waals surface area (Å²) in [5.74, 6) is -1.64. The van der Waals surface area contributed by atoms with Crippen molar-refractivity contribution in [3.8, 4) is 5.75 Å². The number of nitrogens with two attached hydrogens (primary N) is 1. The van der Waals surface area contributed by atoms with Crippen molar-refractivity contribution in [2.45, 2.75) is 6.04 Å². The molecule has 1 atom stereocenters. The van der Waals surface area contributed by atoms with Gasteiger partial charge in [0, 0.05) is 5.56 Å². The highest BCUT2D eigenvalue weighted by atomic mass is 79.9. The van der Waals surface area contributed by atoms with Crippen molar-refractivity contribution in [1.82, 2.24) is 0 Å². The lowest BCUT2D eigenvalue weighted by molar-refractivity contribution is -0.138. The number of aliphatic carboxylic acids is 1. The number of halogens is 2. The first-order valence-electron chi connectivity index (χ1n) is 3.98. The molecule has 3 N–H and O–H groups in total. The van der Waals surface area contributed by atoms with E-state index in [-0.39, 0.29) is 5.56 Å². The fourth-order valence-electron chi connectivity index (χ4n) is 1.07. The van der Waals surface area contributed by atoms with Crippen molar-refractivity contribution >= 4 is 21.9 Å². The van der Waals surface area contributed by atoms with Crippen molar-refractivity contribution < 1.29 is 19.0 Å². The van der Waals surface area contributed by atoms with E-state index in [9.17, 15) is 9.18 Å². The van der Waals surface area contributed by atoms with E-state index in [0.29, 0.717) is 10.2 Å². The van der Waals surface area contributed by atoms with Gasteiger partial charge in [0.2, 0.25) is 0 Å². The Labute approximate surface area is 94.0 Å². The summed E-state index contributed by atoms with van der Waals surface area (Å²) in [6.07, 6.45) is 0. The van der Waals surface area contributed by atoms with Crippen molar-refractivity contribution in [1.29, 1.82) is 0 Å². The van der Waals surface area contributed by atoms with Crippen LogP contribution in [0.25, 0.3) is 0 Å². The standard InChI is InChI=1S/C9H9BrFNO3/c1-15-7-2-4(8(12)9(13)14)6(11)3-5(7)10/h2-3,8H,12H2,1H3,(H,13,14). The minimum atomic E-state index is -1.40. The average Bonchev–Trinajstić information content (AvgIpc) is 2.17. The molecule has 0 fully saturated rings. The highest BCUT2D eigenvalue weighted by Gasteiger charge is 2.20. The molecule has 0 aliphatic rings. The van der Waals surface area contributed by atoms with Crippen LogP contribution in [0.2, 0.25) is 0 Å². The summed E-state index contributed by atoms with van der Waals surface area (Å²) in [7, 11) is 1.40. The minimum absolute atomic E-state index is 0.109. The molecule has 1 rings (SSSR count). The van der Waals surface area contributed by atoms with Crippen LogP contribution in [0, 0.1) is 5.82 Å². The molecule has 1 aromatic rings. The minimum Gasteiger partial charge on any atom is -0.496 e. The summed E-state index contributed by atoms with van der Waals surface area (Å²) in [5, 5.41) is 8.65. The van der Waals surface area contributed by atoms with E-state index in [1.165, 1.54) is 13.2 Å². The van der Waals surface area contributed by atoms with Crippen LogP contribution in [0.3, 0.4) is 0 Å². The third kappa shape index (κ3) is 2.45. The Hall–Kier alpha value is -1.14. The van der Waals surface area contributed by atoms with E-state index in [0.717, 1.165) is 6.07 Å². The third-order valence-corrected chi connectivity index (χ3v) is 2.49. The quantitative estimate of drug-likeness (QED) is 0.882. The fraction of sp³-hybridized carbons (Fsp3) is 0.222. The van der Waals surface area contributed by atoms with Gasteiger partial charge in [-0.2, -0.15) is 0 Å². The summed E-state index contributed by atoms with van der Waals surface area (Å²) >= 11 is 3.07. The van der Waals surface area contributed by atoms with Crippen LogP contribution in [0.1, 0.15) is 11.6 Å². The molecule has 0 saturated carbocycles. The molecule has 15 heavy (non-hydrogen) atoms. The van der Waals surface area contributed by atoms with Crippen LogP contribution in [-0.2, 0) is 4.79 Å². The maximum atomic E-state index is 13.3. The number of benzene rings is 1. The van der Waals surface area contributed by atoms with Gasteiger partial charge in [-0.1, -0.05) is 0 Å². The molecule has 0 aliphatic carbocycles. The van der Waals surface area contributed by atoms with Crippen LogP contribution < -0.4 is 10.5 Å². The van der Waals surface area contributed by atoms with Crippen LogP contribution >= 0.6 is 15.9 Å². The molecule has 0 saturated heterocycles. The predicted molar refractivity (Wildman–Crippen MR) is 55.2 cm³/mol. The Morgan fingerprint density at radius 3 is 2.73 bits per heavy atom. The molecule has 0 aromatic heterocycles. The number of rotatable bonds is 3.